The topological polar surface area (TPSA) is 40.6 Å². The molecule has 142 valence electrons. The van der Waals surface area contributed by atoms with Crippen molar-refractivity contribution in [1.29, 1.82) is 0 Å². The van der Waals surface area contributed by atoms with Crippen LogP contribution in [0.5, 0.6) is 0 Å². The zero-order valence-corrected chi connectivity index (χ0v) is 16.5. The summed E-state index contributed by atoms with van der Waals surface area (Å²) >= 11 is 0. The molecule has 2 aliphatic heterocycles. The zero-order chi connectivity index (χ0) is 18.7. The third kappa shape index (κ3) is 3.79. The fourth-order valence-corrected chi connectivity index (χ4v) is 4.37. The van der Waals surface area contributed by atoms with E-state index in [4.69, 9.17) is 0 Å². The van der Waals surface area contributed by atoms with Crippen LogP contribution in [-0.4, -0.2) is 41.2 Å². The molecule has 0 radical (unpaired) electrons. The quantitative estimate of drug-likeness (QED) is 0.801. The van der Waals surface area contributed by atoms with Crippen LogP contribution in [0, 0.1) is 5.41 Å². The molecule has 4 nitrogen and oxygen atoms in total. The van der Waals surface area contributed by atoms with E-state index in [0.29, 0.717) is 25.4 Å². The van der Waals surface area contributed by atoms with Crippen molar-refractivity contribution in [1.82, 2.24) is 9.80 Å². The molecule has 1 unspecified atom stereocenters. The number of likely N-dealkylation sites (tertiary alicyclic amines) is 2. The average molecular weight is 357 g/mol. The Morgan fingerprint density at radius 3 is 2.54 bits per heavy atom. The highest BCUT2D eigenvalue weighted by Gasteiger charge is 2.49. The van der Waals surface area contributed by atoms with Crippen molar-refractivity contribution in [2.24, 2.45) is 5.41 Å². The van der Waals surface area contributed by atoms with Gasteiger partial charge < -0.3 is 9.80 Å². The number of benzene rings is 1. The molecule has 2 fully saturated rings. The highest BCUT2D eigenvalue weighted by molar-refractivity contribution is 5.86. The molecule has 1 aromatic carbocycles. The predicted molar refractivity (Wildman–Crippen MR) is 104 cm³/mol. The van der Waals surface area contributed by atoms with Gasteiger partial charge in [-0.05, 0) is 42.7 Å². The first-order chi connectivity index (χ1) is 12.4. The number of rotatable bonds is 5. The van der Waals surface area contributed by atoms with Gasteiger partial charge >= 0.3 is 0 Å². The lowest BCUT2D eigenvalue weighted by molar-refractivity contribution is -0.146. The third-order valence-corrected chi connectivity index (χ3v) is 6.01. The highest BCUT2D eigenvalue weighted by atomic mass is 16.2. The van der Waals surface area contributed by atoms with Gasteiger partial charge in [-0.1, -0.05) is 45.0 Å². The van der Waals surface area contributed by atoms with Crippen LogP contribution in [0.2, 0.25) is 0 Å². The molecule has 26 heavy (non-hydrogen) atoms. The van der Waals surface area contributed by atoms with E-state index in [1.807, 2.05) is 16.7 Å². The molecule has 0 aromatic heterocycles. The Morgan fingerprint density at radius 2 is 1.88 bits per heavy atom. The molecular formula is C22H32N2O2. The maximum atomic E-state index is 13.2. The molecule has 2 heterocycles. The summed E-state index contributed by atoms with van der Waals surface area (Å²) in [5.74, 6) is 0.983. The van der Waals surface area contributed by atoms with E-state index in [1.165, 1.54) is 11.1 Å². The second-order valence-corrected chi connectivity index (χ2v) is 8.32. The van der Waals surface area contributed by atoms with Gasteiger partial charge in [0.05, 0.1) is 5.41 Å². The Balaban J connectivity index is 1.67. The zero-order valence-electron chi connectivity index (χ0n) is 16.5. The standard InChI is InChI=1S/C22H32N2O2/c1-4-6-20(25)24-14-12-22(16-24)11-5-13-23(21(22)26)15-18-7-9-19(10-8-18)17(2)3/h7-10,17H,4-6,11-16H2,1-3H3. The summed E-state index contributed by atoms with van der Waals surface area (Å²) in [6, 6.07) is 8.64. The first kappa shape index (κ1) is 18.9. The van der Waals surface area contributed by atoms with Crippen molar-refractivity contribution in [3.05, 3.63) is 35.4 Å². The first-order valence-corrected chi connectivity index (χ1v) is 10.1. The second kappa shape index (κ2) is 7.81. The molecule has 0 bridgehead atoms. The van der Waals surface area contributed by atoms with E-state index in [1.54, 1.807) is 0 Å². The van der Waals surface area contributed by atoms with Crippen LogP contribution in [0.15, 0.2) is 24.3 Å². The van der Waals surface area contributed by atoms with E-state index >= 15 is 0 Å². The summed E-state index contributed by atoms with van der Waals surface area (Å²) in [5, 5.41) is 0. The van der Waals surface area contributed by atoms with Crippen molar-refractivity contribution in [3.8, 4) is 0 Å². The number of piperidine rings is 1. The van der Waals surface area contributed by atoms with Gasteiger partial charge in [0.2, 0.25) is 11.8 Å². The number of amides is 2. The van der Waals surface area contributed by atoms with Crippen molar-refractivity contribution < 1.29 is 9.59 Å². The smallest absolute Gasteiger partial charge is 0.230 e. The molecule has 2 saturated heterocycles. The summed E-state index contributed by atoms with van der Waals surface area (Å²) in [4.78, 5) is 29.4. The van der Waals surface area contributed by atoms with Gasteiger partial charge in [-0.15, -0.1) is 0 Å². The maximum Gasteiger partial charge on any atom is 0.230 e. The maximum absolute atomic E-state index is 13.2. The van der Waals surface area contributed by atoms with E-state index < -0.39 is 0 Å². The largest absolute Gasteiger partial charge is 0.342 e. The molecule has 1 atom stereocenters. The molecular weight excluding hydrogens is 324 g/mol. The lowest BCUT2D eigenvalue weighted by atomic mass is 9.78. The van der Waals surface area contributed by atoms with Crippen molar-refractivity contribution >= 4 is 11.8 Å². The second-order valence-electron chi connectivity index (χ2n) is 8.32. The number of hydrogen-bond donors (Lipinski definition) is 0. The van der Waals surface area contributed by atoms with E-state index in [9.17, 15) is 9.59 Å². The van der Waals surface area contributed by atoms with Crippen LogP contribution in [0.4, 0.5) is 0 Å². The molecule has 0 aliphatic carbocycles. The van der Waals surface area contributed by atoms with Crippen LogP contribution in [0.1, 0.15) is 69.9 Å². The molecule has 3 rings (SSSR count). The van der Waals surface area contributed by atoms with Crippen LogP contribution in [0.25, 0.3) is 0 Å². The minimum Gasteiger partial charge on any atom is -0.342 e. The van der Waals surface area contributed by atoms with Gasteiger partial charge in [-0.2, -0.15) is 0 Å². The number of carbonyl (C=O) groups is 2. The SMILES string of the molecule is CCCC(=O)N1CCC2(CCCN(Cc3ccc(C(C)C)cc3)C2=O)C1. The van der Waals surface area contributed by atoms with Crippen LogP contribution < -0.4 is 0 Å². The molecule has 1 aromatic rings. The fraction of sp³-hybridized carbons (Fsp3) is 0.636. The number of nitrogens with zero attached hydrogens (tertiary/aromatic N) is 2. The Bertz CT molecular complexity index is 653. The van der Waals surface area contributed by atoms with Crippen molar-refractivity contribution in [3.63, 3.8) is 0 Å². The van der Waals surface area contributed by atoms with E-state index in [-0.39, 0.29) is 17.2 Å². The minimum atomic E-state index is -0.334. The summed E-state index contributed by atoms with van der Waals surface area (Å²) in [6.45, 7) is 9.28. The lowest BCUT2D eigenvalue weighted by Gasteiger charge is -2.39. The Hall–Kier alpha value is -1.84. The summed E-state index contributed by atoms with van der Waals surface area (Å²) in [6.07, 6.45) is 4.24. The fourth-order valence-electron chi connectivity index (χ4n) is 4.37. The van der Waals surface area contributed by atoms with E-state index in [2.05, 4.69) is 38.1 Å². The molecule has 1 spiro atoms. The third-order valence-electron chi connectivity index (χ3n) is 6.01. The number of carbonyl (C=O) groups excluding carboxylic acids is 2. The molecule has 4 heteroatoms. The molecule has 0 saturated carbocycles. The monoisotopic (exact) mass is 356 g/mol. The van der Waals surface area contributed by atoms with Gasteiger partial charge in [0.15, 0.2) is 0 Å². The van der Waals surface area contributed by atoms with Gasteiger partial charge in [0.25, 0.3) is 0 Å². The average Bonchev–Trinajstić information content (AvgIpc) is 3.05. The summed E-state index contributed by atoms with van der Waals surface area (Å²) in [5.41, 5.74) is 2.19. The highest BCUT2D eigenvalue weighted by Crippen LogP contribution is 2.40. The summed E-state index contributed by atoms with van der Waals surface area (Å²) < 4.78 is 0. The molecule has 0 N–H and O–H groups in total. The Labute approximate surface area is 157 Å². The van der Waals surface area contributed by atoms with Crippen molar-refractivity contribution in [2.75, 3.05) is 19.6 Å². The van der Waals surface area contributed by atoms with Crippen LogP contribution in [0.3, 0.4) is 0 Å². The summed E-state index contributed by atoms with van der Waals surface area (Å²) in [7, 11) is 0. The van der Waals surface area contributed by atoms with Gasteiger partial charge in [-0.25, -0.2) is 0 Å². The van der Waals surface area contributed by atoms with Crippen molar-refractivity contribution in [2.45, 2.75) is 65.3 Å². The Morgan fingerprint density at radius 1 is 1.15 bits per heavy atom. The van der Waals surface area contributed by atoms with Gasteiger partial charge in [0.1, 0.15) is 0 Å². The Kier molecular flexibility index (Phi) is 5.69. The predicted octanol–water partition coefficient (Wildman–Crippen LogP) is 3.95. The molecule has 2 amide bonds. The first-order valence-electron chi connectivity index (χ1n) is 10.1. The lowest BCUT2D eigenvalue weighted by Crippen LogP contribution is -2.50. The normalized spacial score (nSPS) is 23.3. The van der Waals surface area contributed by atoms with Crippen LogP contribution in [-0.2, 0) is 16.1 Å². The van der Waals surface area contributed by atoms with Gasteiger partial charge in [-0.3, -0.25) is 9.59 Å². The van der Waals surface area contributed by atoms with Crippen LogP contribution >= 0.6 is 0 Å². The minimum absolute atomic E-state index is 0.207. The van der Waals surface area contributed by atoms with E-state index in [0.717, 1.165) is 38.8 Å². The molecule has 2 aliphatic rings. The number of hydrogen-bond acceptors (Lipinski definition) is 2. The van der Waals surface area contributed by atoms with Gasteiger partial charge in [0, 0.05) is 32.6 Å².